The Labute approximate surface area is 210 Å². The predicted octanol–water partition coefficient (Wildman–Crippen LogP) is -2.19. The number of hydrogen-bond donors (Lipinski definition) is 0. The van der Waals surface area contributed by atoms with Gasteiger partial charge >= 0.3 is 0 Å². The first-order chi connectivity index (χ1) is 15.0. The molecular weight excluding hydrogens is 513 g/mol. The van der Waals surface area contributed by atoms with E-state index in [1.165, 1.54) is 14.1 Å². The van der Waals surface area contributed by atoms with Gasteiger partial charge in [0.2, 0.25) is 23.6 Å². The van der Waals surface area contributed by atoms with Crippen molar-refractivity contribution in [3.05, 3.63) is 10.6 Å². The zero-order valence-corrected chi connectivity index (χ0v) is 20.1. The monoisotopic (exact) mass is 527 g/mol. The molecule has 4 heterocycles. The molecule has 4 saturated heterocycles. The van der Waals surface area contributed by atoms with Crippen molar-refractivity contribution in [2.24, 2.45) is 58.2 Å². The fourth-order valence-corrected chi connectivity index (χ4v) is 7.65. The summed E-state index contributed by atoms with van der Waals surface area (Å²) >= 11 is 0. The van der Waals surface area contributed by atoms with Crippen LogP contribution in [0.5, 0.6) is 0 Å². The van der Waals surface area contributed by atoms with Crippen LogP contribution in [0.1, 0.15) is 0 Å². The summed E-state index contributed by atoms with van der Waals surface area (Å²) in [4.78, 5) is 94.6. The van der Waals surface area contributed by atoms with Crippen LogP contribution in [0.15, 0.2) is 0 Å². The Morgan fingerprint density at radius 1 is 0.485 bits per heavy atom. The molecule has 33 heavy (non-hydrogen) atoms. The van der Waals surface area contributed by atoms with Crippen molar-refractivity contribution >= 4 is 47.3 Å². The Kier molecular flexibility index (Phi) is 3.63. The van der Waals surface area contributed by atoms with Gasteiger partial charge in [0.1, 0.15) is 0 Å². The van der Waals surface area contributed by atoms with Crippen LogP contribution in [0, 0.1) is 58.2 Å². The standard InChI is InChI=1S/2C10H8N2O4.Y/c2*1-12-8(15)4-5(9(12)16)10(4)2-3(10)7(14)11-6(2)13;/h2*2-5H,1H3,(H,11,13,14);/p-2. The van der Waals surface area contributed by atoms with Crippen molar-refractivity contribution in [2.75, 3.05) is 14.1 Å². The summed E-state index contributed by atoms with van der Waals surface area (Å²) < 4.78 is 0. The van der Waals surface area contributed by atoms with E-state index in [-0.39, 0.29) is 56.3 Å². The number of carbonyl (C=O) groups excluding carboxylic acids is 8. The largest absolute Gasteiger partial charge is 0.595 e. The second kappa shape index (κ2) is 5.65. The summed E-state index contributed by atoms with van der Waals surface area (Å²) in [5.41, 5.74) is -1.28. The molecule has 0 bridgehead atoms. The number of imide groups is 4. The van der Waals surface area contributed by atoms with Gasteiger partial charge in [0.15, 0.2) is 0 Å². The van der Waals surface area contributed by atoms with E-state index in [1.54, 1.807) is 0 Å². The molecule has 8 aliphatic rings. The molecule has 4 aliphatic carbocycles. The van der Waals surface area contributed by atoms with Gasteiger partial charge in [-0.05, 0) is 0 Å². The average molecular weight is 527 g/mol. The summed E-state index contributed by atoms with van der Waals surface area (Å²) in [6, 6.07) is 0. The van der Waals surface area contributed by atoms with Crippen LogP contribution in [0.3, 0.4) is 0 Å². The minimum Gasteiger partial charge on any atom is -0.595 e. The smallest absolute Gasteiger partial charge is 0.233 e. The second-order valence-electron chi connectivity index (χ2n) is 9.87. The Hall–Kier alpha value is -2.34. The summed E-state index contributed by atoms with van der Waals surface area (Å²) in [6.45, 7) is 0. The third kappa shape index (κ3) is 1.89. The van der Waals surface area contributed by atoms with Crippen LogP contribution in [0.25, 0.3) is 10.6 Å². The topological polar surface area (TPSA) is 171 Å². The Morgan fingerprint density at radius 2 is 0.697 bits per heavy atom. The zero-order chi connectivity index (χ0) is 22.8. The van der Waals surface area contributed by atoms with E-state index >= 15 is 0 Å². The molecule has 12 nitrogen and oxygen atoms in total. The number of amides is 8. The Morgan fingerprint density at radius 3 is 0.909 bits per heavy atom. The number of nitrogens with zero attached hydrogens (tertiary/aromatic N) is 4. The maximum absolute atomic E-state index is 11.7. The molecule has 0 N–H and O–H groups in total. The number of piperidine rings is 4. The normalized spacial score (nSPS) is 50.4. The molecule has 8 rings (SSSR count). The molecule has 8 unspecified atom stereocenters. The molecule has 0 aromatic rings. The molecule has 4 aliphatic heterocycles. The summed E-state index contributed by atoms with van der Waals surface area (Å²) in [7, 11) is 2.88. The van der Waals surface area contributed by atoms with Crippen molar-refractivity contribution in [2.45, 2.75) is 0 Å². The van der Waals surface area contributed by atoms with E-state index in [4.69, 9.17) is 0 Å². The van der Waals surface area contributed by atoms with Crippen molar-refractivity contribution < 1.29 is 71.1 Å². The first kappa shape index (κ1) is 21.2. The van der Waals surface area contributed by atoms with Crippen LogP contribution < -0.4 is 0 Å². The number of rotatable bonds is 0. The van der Waals surface area contributed by atoms with E-state index in [9.17, 15) is 38.4 Å². The van der Waals surface area contributed by atoms with E-state index in [1.807, 2.05) is 0 Å². The van der Waals surface area contributed by atoms with Crippen LogP contribution in [0.4, 0.5) is 0 Å². The van der Waals surface area contributed by atoms with Gasteiger partial charge in [-0.3, -0.25) is 29.0 Å². The number of fused-ring (bicyclic) bond motifs is 12. The van der Waals surface area contributed by atoms with Crippen LogP contribution in [-0.4, -0.2) is 71.2 Å². The number of carbonyl (C=O) groups is 8. The first-order valence-electron chi connectivity index (χ1n) is 10.3. The second-order valence-corrected chi connectivity index (χ2v) is 9.87. The molecular formula is C20H14N4O8Y-2. The number of likely N-dealkylation sites (tertiary alicyclic amines) is 2. The molecule has 8 fully saturated rings. The van der Waals surface area contributed by atoms with Gasteiger partial charge in [-0.25, -0.2) is 0 Å². The summed E-state index contributed by atoms with van der Waals surface area (Å²) in [6.07, 6.45) is 0. The molecule has 0 aromatic heterocycles. The van der Waals surface area contributed by atoms with Crippen LogP contribution >= 0.6 is 0 Å². The SMILES string of the molecule is CN1C(=O)C2C(C1=O)C21C2C(=O)[N-]C(=O)C21.CN1C(=O)C2C(C1=O)C21C2C(=O)[N-]C(=O)C21.[Y]. The molecule has 1 radical (unpaired) electrons. The first-order valence-corrected chi connectivity index (χ1v) is 10.3. The molecule has 8 amide bonds. The quantitative estimate of drug-likeness (QED) is 0.320. The third-order valence-electron chi connectivity index (χ3n) is 9.10. The summed E-state index contributed by atoms with van der Waals surface area (Å²) in [5.74, 6) is -6.34. The van der Waals surface area contributed by atoms with Crippen molar-refractivity contribution in [1.82, 2.24) is 9.80 Å². The maximum Gasteiger partial charge on any atom is 0.233 e. The summed E-state index contributed by atoms with van der Waals surface area (Å²) in [5, 5.41) is 6.68. The molecule has 167 valence electrons. The molecule has 4 saturated carbocycles. The fraction of sp³-hybridized carbons (Fsp3) is 0.600. The maximum atomic E-state index is 11.7. The predicted molar refractivity (Wildman–Crippen MR) is 95.1 cm³/mol. The van der Waals surface area contributed by atoms with Gasteiger partial charge in [0.05, 0.1) is 47.3 Å². The van der Waals surface area contributed by atoms with Gasteiger partial charge in [-0.1, -0.05) is 0 Å². The molecule has 8 atom stereocenters. The van der Waals surface area contributed by atoms with Gasteiger partial charge in [-0.2, -0.15) is 0 Å². The van der Waals surface area contributed by atoms with Crippen molar-refractivity contribution in [1.29, 1.82) is 0 Å². The van der Waals surface area contributed by atoms with E-state index < -0.39 is 81.8 Å². The zero-order valence-electron chi connectivity index (χ0n) is 17.3. The minimum absolute atomic E-state index is 0. The van der Waals surface area contributed by atoms with Gasteiger partial charge < -0.3 is 29.8 Å². The van der Waals surface area contributed by atoms with Gasteiger partial charge in [0, 0.05) is 81.3 Å². The van der Waals surface area contributed by atoms with Crippen molar-refractivity contribution in [3.8, 4) is 0 Å². The van der Waals surface area contributed by atoms with Crippen molar-refractivity contribution in [3.63, 3.8) is 0 Å². The third-order valence-corrected chi connectivity index (χ3v) is 9.10. The Bertz CT molecular complexity index is 1030. The number of hydrogen-bond acceptors (Lipinski definition) is 8. The average Bonchev–Trinajstić information content (AvgIpc) is 3.67. The fourth-order valence-electron chi connectivity index (χ4n) is 7.65. The molecule has 13 heteroatoms. The van der Waals surface area contributed by atoms with Gasteiger partial charge in [-0.15, -0.1) is 0 Å². The van der Waals surface area contributed by atoms with Gasteiger partial charge in [0.25, 0.3) is 0 Å². The van der Waals surface area contributed by atoms with Crippen LogP contribution in [-0.2, 0) is 71.1 Å². The van der Waals surface area contributed by atoms with E-state index in [0.717, 1.165) is 9.80 Å². The molecule has 2 spiro atoms. The van der Waals surface area contributed by atoms with E-state index in [0.29, 0.717) is 0 Å². The van der Waals surface area contributed by atoms with Crippen LogP contribution in [0.2, 0.25) is 0 Å². The minimum atomic E-state index is -0.642. The van der Waals surface area contributed by atoms with E-state index in [2.05, 4.69) is 10.6 Å². The Balaban J connectivity index is 0.000000121. The molecule has 0 aromatic carbocycles.